The fraction of sp³-hybridized carbons (Fsp3) is 0.278. The molecular formula is C18H22N2O4. The van der Waals surface area contributed by atoms with Crippen LogP contribution in [0.2, 0.25) is 0 Å². The number of methoxy groups -OCH3 is 2. The molecule has 0 saturated heterocycles. The third-order valence-electron chi connectivity index (χ3n) is 3.33. The van der Waals surface area contributed by atoms with Gasteiger partial charge in [0, 0.05) is 18.3 Å². The van der Waals surface area contributed by atoms with Crippen molar-refractivity contribution in [1.82, 2.24) is 5.32 Å². The maximum Gasteiger partial charge on any atom is 0.319 e. The fourth-order valence-corrected chi connectivity index (χ4v) is 2.14. The summed E-state index contributed by atoms with van der Waals surface area (Å²) in [4.78, 5) is 12.0. The molecule has 0 aromatic heterocycles. The third-order valence-corrected chi connectivity index (χ3v) is 3.33. The second-order valence-electron chi connectivity index (χ2n) is 4.95. The predicted molar refractivity (Wildman–Crippen MR) is 93.0 cm³/mol. The van der Waals surface area contributed by atoms with Crippen molar-refractivity contribution in [3.05, 3.63) is 48.0 Å². The minimum atomic E-state index is -0.295. The van der Waals surface area contributed by atoms with E-state index in [0.717, 1.165) is 11.3 Å². The summed E-state index contributed by atoms with van der Waals surface area (Å²) in [6.07, 6.45) is 0. The molecule has 2 N–H and O–H groups in total. The fourth-order valence-electron chi connectivity index (χ4n) is 2.14. The van der Waals surface area contributed by atoms with Crippen molar-refractivity contribution in [2.24, 2.45) is 0 Å². The number of urea groups is 1. The second-order valence-corrected chi connectivity index (χ2v) is 4.95. The van der Waals surface area contributed by atoms with Crippen molar-refractivity contribution in [2.45, 2.75) is 13.5 Å². The summed E-state index contributed by atoms with van der Waals surface area (Å²) in [5.41, 5.74) is 1.61. The quantitative estimate of drug-likeness (QED) is 0.816. The number of ether oxygens (including phenoxy) is 3. The number of hydrogen-bond donors (Lipinski definition) is 2. The molecule has 0 bridgehead atoms. The van der Waals surface area contributed by atoms with Crippen LogP contribution in [0.1, 0.15) is 12.5 Å². The van der Waals surface area contributed by atoms with E-state index in [4.69, 9.17) is 14.2 Å². The first-order valence-electron chi connectivity index (χ1n) is 7.65. The van der Waals surface area contributed by atoms with Gasteiger partial charge >= 0.3 is 6.03 Å². The molecule has 0 radical (unpaired) electrons. The van der Waals surface area contributed by atoms with E-state index in [1.165, 1.54) is 0 Å². The van der Waals surface area contributed by atoms with E-state index in [0.29, 0.717) is 30.3 Å². The summed E-state index contributed by atoms with van der Waals surface area (Å²) in [7, 11) is 3.11. The van der Waals surface area contributed by atoms with Gasteiger partial charge in [-0.3, -0.25) is 0 Å². The van der Waals surface area contributed by atoms with Crippen molar-refractivity contribution in [3.8, 4) is 17.2 Å². The average Bonchev–Trinajstić information content (AvgIpc) is 2.61. The molecule has 0 fully saturated rings. The van der Waals surface area contributed by atoms with Crippen molar-refractivity contribution >= 4 is 11.7 Å². The minimum absolute atomic E-state index is 0.295. The highest BCUT2D eigenvalue weighted by Crippen LogP contribution is 2.29. The zero-order chi connectivity index (χ0) is 17.4. The van der Waals surface area contributed by atoms with E-state index < -0.39 is 0 Å². The summed E-state index contributed by atoms with van der Waals surface area (Å²) in [6.45, 7) is 2.99. The molecular weight excluding hydrogens is 308 g/mol. The Hall–Kier alpha value is -2.89. The van der Waals surface area contributed by atoms with Gasteiger partial charge in [0.1, 0.15) is 5.75 Å². The Bertz CT molecular complexity index is 671. The molecule has 2 rings (SSSR count). The molecule has 2 aromatic carbocycles. The molecule has 0 aliphatic rings. The normalized spacial score (nSPS) is 9.96. The summed E-state index contributed by atoms with van der Waals surface area (Å²) >= 11 is 0. The number of benzene rings is 2. The van der Waals surface area contributed by atoms with Gasteiger partial charge in [0.15, 0.2) is 11.5 Å². The highest BCUT2D eigenvalue weighted by atomic mass is 16.5. The van der Waals surface area contributed by atoms with Gasteiger partial charge in [-0.2, -0.15) is 0 Å². The van der Waals surface area contributed by atoms with Crippen LogP contribution in [0.4, 0.5) is 10.5 Å². The van der Waals surface area contributed by atoms with Crippen molar-refractivity contribution in [1.29, 1.82) is 0 Å². The molecule has 0 unspecified atom stereocenters. The molecule has 0 atom stereocenters. The molecule has 128 valence electrons. The molecule has 2 amide bonds. The van der Waals surface area contributed by atoms with Crippen LogP contribution in [0.25, 0.3) is 0 Å². The summed E-state index contributed by atoms with van der Waals surface area (Å²) in [6, 6.07) is 12.5. The number of nitrogens with one attached hydrogen (secondary N) is 2. The van der Waals surface area contributed by atoms with Crippen molar-refractivity contribution in [3.63, 3.8) is 0 Å². The van der Waals surface area contributed by atoms with Gasteiger partial charge < -0.3 is 24.8 Å². The smallest absolute Gasteiger partial charge is 0.319 e. The summed E-state index contributed by atoms with van der Waals surface area (Å²) in [5.74, 6) is 1.98. The Balaban J connectivity index is 1.89. The predicted octanol–water partition coefficient (Wildman–Crippen LogP) is 3.42. The van der Waals surface area contributed by atoms with Gasteiger partial charge in [-0.15, -0.1) is 0 Å². The van der Waals surface area contributed by atoms with Gasteiger partial charge in [-0.05, 0) is 36.8 Å². The number of hydrogen-bond acceptors (Lipinski definition) is 4. The van der Waals surface area contributed by atoms with E-state index in [2.05, 4.69) is 10.6 Å². The molecule has 0 aliphatic carbocycles. The largest absolute Gasteiger partial charge is 0.494 e. The Morgan fingerprint density at radius 1 is 1.00 bits per heavy atom. The van der Waals surface area contributed by atoms with Crippen LogP contribution in [0.3, 0.4) is 0 Å². The third kappa shape index (κ3) is 4.81. The van der Waals surface area contributed by atoms with E-state index in [-0.39, 0.29) is 6.03 Å². The molecule has 2 aromatic rings. The monoisotopic (exact) mass is 330 g/mol. The number of amides is 2. The van der Waals surface area contributed by atoms with Gasteiger partial charge in [0.25, 0.3) is 0 Å². The average molecular weight is 330 g/mol. The summed E-state index contributed by atoms with van der Waals surface area (Å²) < 4.78 is 15.8. The van der Waals surface area contributed by atoms with E-state index in [9.17, 15) is 4.79 Å². The van der Waals surface area contributed by atoms with E-state index >= 15 is 0 Å². The van der Waals surface area contributed by atoms with Crippen LogP contribution in [0.5, 0.6) is 17.2 Å². The first-order chi connectivity index (χ1) is 11.7. The maximum atomic E-state index is 12.0. The Labute approximate surface area is 141 Å². The van der Waals surface area contributed by atoms with Gasteiger partial charge in [0.2, 0.25) is 0 Å². The van der Waals surface area contributed by atoms with Crippen LogP contribution < -0.4 is 24.8 Å². The summed E-state index contributed by atoms with van der Waals surface area (Å²) in [5, 5.41) is 5.56. The van der Waals surface area contributed by atoms with Crippen molar-refractivity contribution in [2.75, 3.05) is 26.1 Å². The van der Waals surface area contributed by atoms with Gasteiger partial charge in [-0.25, -0.2) is 4.79 Å². The Morgan fingerprint density at radius 2 is 1.71 bits per heavy atom. The van der Waals surface area contributed by atoms with Gasteiger partial charge in [0.05, 0.1) is 20.8 Å². The topological polar surface area (TPSA) is 68.8 Å². The zero-order valence-electron chi connectivity index (χ0n) is 14.1. The van der Waals surface area contributed by atoms with E-state index in [1.54, 1.807) is 32.4 Å². The SMILES string of the molecule is CCOc1ccc(CNC(=O)Nc2ccc(OC)c(OC)c2)cc1. The first kappa shape index (κ1) is 17.5. The number of anilines is 1. The first-order valence-corrected chi connectivity index (χ1v) is 7.65. The van der Waals surface area contributed by atoms with E-state index in [1.807, 2.05) is 31.2 Å². The molecule has 0 aliphatic heterocycles. The van der Waals surface area contributed by atoms with Crippen LogP contribution in [-0.4, -0.2) is 26.9 Å². The molecule has 0 heterocycles. The molecule has 6 nitrogen and oxygen atoms in total. The minimum Gasteiger partial charge on any atom is -0.494 e. The molecule has 0 saturated carbocycles. The lowest BCUT2D eigenvalue weighted by Gasteiger charge is -2.11. The van der Waals surface area contributed by atoms with Gasteiger partial charge in [-0.1, -0.05) is 12.1 Å². The lowest BCUT2D eigenvalue weighted by atomic mass is 10.2. The number of rotatable bonds is 7. The van der Waals surface area contributed by atoms with Crippen LogP contribution in [-0.2, 0) is 6.54 Å². The highest BCUT2D eigenvalue weighted by molar-refractivity contribution is 5.89. The number of carbonyl (C=O) groups excluding carboxylic acids is 1. The second kappa shape index (κ2) is 8.67. The van der Waals surface area contributed by atoms with Crippen LogP contribution in [0, 0.1) is 0 Å². The molecule has 6 heteroatoms. The van der Waals surface area contributed by atoms with Crippen molar-refractivity contribution < 1.29 is 19.0 Å². The maximum absolute atomic E-state index is 12.0. The van der Waals surface area contributed by atoms with Crippen LogP contribution in [0.15, 0.2) is 42.5 Å². The number of carbonyl (C=O) groups is 1. The molecule has 0 spiro atoms. The van der Waals surface area contributed by atoms with Crippen LogP contribution >= 0.6 is 0 Å². The standard InChI is InChI=1S/C18H22N2O4/c1-4-24-15-8-5-13(6-9-15)12-19-18(21)20-14-7-10-16(22-2)17(11-14)23-3/h5-11H,4,12H2,1-3H3,(H2,19,20,21). The highest BCUT2D eigenvalue weighted by Gasteiger charge is 2.07. The Morgan fingerprint density at radius 3 is 2.33 bits per heavy atom. The lowest BCUT2D eigenvalue weighted by Crippen LogP contribution is -2.28. The molecule has 24 heavy (non-hydrogen) atoms. The zero-order valence-corrected chi connectivity index (χ0v) is 14.1. The Kier molecular flexibility index (Phi) is 6.31. The lowest BCUT2D eigenvalue weighted by molar-refractivity contribution is 0.251.